The number of aryl methyl sites for hydroxylation is 2. The molecule has 7 heteroatoms. The number of aromatic nitrogens is 2. The van der Waals surface area contributed by atoms with Crippen molar-refractivity contribution in [3.8, 4) is 17.1 Å². The zero-order valence-electron chi connectivity index (χ0n) is 16.5. The molecule has 0 aliphatic heterocycles. The van der Waals surface area contributed by atoms with E-state index >= 15 is 0 Å². The molecule has 0 saturated carbocycles. The number of benzene rings is 2. The van der Waals surface area contributed by atoms with E-state index in [4.69, 9.17) is 20.8 Å². The normalized spacial score (nSPS) is 12.3. The molecule has 0 unspecified atom stereocenters. The van der Waals surface area contributed by atoms with Gasteiger partial charge < -0.3 is 9.15 Å². The van der Waals surface area contributed by atoms with Gasteiger partial charge in [-0.15, -0.1) is 0 Å². The highest BCUT2D eigenvalue weighted by atomic mass is 35.5. The second-order valence-corrected chi connectivity index (χ2v) is 8.54. The SMILES string of the molecule is COc1ccc(-c2ccc(C=c3sc4nc5cc(C)c(C)cc5n4c3=O)o2)cc1Cl. The summed E-state index contributed by atoms with van der Waals surface area (Å²) in [5.41, 5.74) is 4.71. The molecule has 0 aliphatic rings. The number of halogens is 1. The van der Waals surface area contributed by atoms with E-state index in [1.54, 1.807) is 29.7 Å². The van der Waals surface area contributed by atoms with Gasteiger partial charge in [0.15, 0.2) is 4.96 Å². The molecule has 30 heavy (non-hydrogen) atoms. The highest BCUT2D eigenvalue weighted by Gasteiger charge is 2.13. The van der Waals surface area contributed by atoms with E-state index in [9.17, 15) is 4.79 Å². The standard InChI is InChI=1S/C23H17ClN2O3S/c1-12-8-17-18(9-13(12)2)26-22(27)21(30-23(26)25-17)11-15-5-7-19(29-15)14-4-6-20(28-3)16(24)10-14/h4-11H,1-3H3. The van der Waals surface area contributed by atoms with Crippen LogP contribution < -0.4 is 14.8 Å². The molecule has 0 bridgehead atoms. The highest BCUT2D eigenvalue weighted by Crippen LogP contribution is 2.31. The quantitative estimate of drug-likeness (QED) is 0.399. The summed E-state index contributed by atoms with van der Waals surface area (Å²) in [5.74, 6) is 1.86. The predicted octanol–water partition coefficient (Wildman–Crippen LogP) is 5.00. The van der Waals surface area contributed by atoms with E-state index in [0.29, 0.717) is 31.8 Å². The Morgan fingerprint density at radius 2 is 1.93 bits per heavy atom. The van der Waals surface area contributed by atoms with Gasteiger partial charge in [0.25, 0.3) is 5.56 Å². The molecule has 0 saturated heterocycles. The van der Waals surface area contributed by atoms with Crippen LogP contribution >= 0.6 is 22.9 Å². The van der Waals surface area contributed by atoms with Crippen molar-refractivity contribution in [3.63, 3.8) is 0 Å². The molecule has 0 amide bonds. The Kier molecular flexibility index (Phi) is 4.41. The fourth-order valence-corrected chi connectivity index (χ4v) is 4.68. The fraction of sp³-hybridized carbons (Fsp3) is 0.130. The Bertz CT molecular complexity index is 1540. The van der Waals surface area contributed by atoms with E-state index in [1.807, 2.05) is 44.2 Å². The van der Waals surface area contributed by atoms with E-state index in [2.05, 4.69) is 4.98 Å². The number of rotatable bonds is 3. The molecule has 0 spiro atoms. The van der Waals surface area contributed by atoms with Gasteiger partial charge in [0, 0.05) is 11.6 Å². The van der Waals surface area contributed by atoms with Crippen LogP contribution in [0.2, 0.25) is 5.02 Å². The van der Waals surface area contributed by atoms with Crippen LogP contribution in [0, 0.1) is 13.8 Å². The summed E-state index contributed by atoms with van der Waals surface area (Å²) in [6, 6.07) is 13.2. The van der Waals surface area contributed by atoms with Gasteiger partial charge in [-0.25, -0.2) is 9.38 Å². The lowest BCUT2D eigenvalue weighted by atomic mass is 10.1. The van der Waals surface area contributed by atoms with Crippen molar-refractivity contribution in [1.29, 1.82) is 0 Å². The third-order valence-corrected chi connectivity index (χ3v) is 6.45. The maximum absolute atomic E-state index is 13.0. The molecule has 0 atom stereocenters. The first-order valence-electron chi connectivity index (χ1n) is 9.32. The number of hydrogen-bond donors (Lipinski definition) is 0. The van der Waals surface area contributed by atoms with Crippen LogP contribution in [-0.4, -0.2) is 16.5 Å². The Morgan fingerprint density at radius 1 is 1.13 bits per heavy atom. The third kappa shape index (κ3) is 3.00. The van der Waals surface area contributed by atoms with Crippen molar-refractivity contribution in [2.24, 2.45) is 0 Å². The monoisotopic (exact) mass is 436 g/mol. The number of methoxy groups -OCH3 is 1. The first kappa shape index (κ1) is 18.9. The molecule has 3 heterocycles. The van der Waals surface area contributed by atoms with Crippen molar-refractivity contribution in [3.05, 3.63) is 79.3 Å². The van der Waals surface area contributed by atoms with Crippen molar-refractivity contribution in [1.82, 2.24) is 9.38 Å². The lowest BCUT2D eigenvalue weighted by molar-refractivity contribution is 0.415. The van der Waals surface area contributed by atoms with Gasteiger partial charge in [0.2, 0.25) is 0 Å². The second kappa shape index (κ2) is 7.00. The van der Waals surface area contributed by atoms with Gasteiger partial charge in [0.05, 0.1) is 23.2 Å². The van der Waals surface area contributed by atoms with Crippen LogP contribution in [0.3, 0.4) is 0 Å². The molecule has 5 rings (SSSR count). The van der Waals surface area contributed by atoms with Crippen LogP contribution in [0.5, 0.6) is 5.75 Å². The molecular weight excluding hydrogens is 420 g/mol. The number of thiazole rings is 1. The summed E-state index contributed by atoms with van der Waals surface area (Å²) >= 11 is 7.57. The first-order chi connectivity index (χ1) is 14.4. The number of furan rings is 1. The molecule has 0 N–H and O–H groups in total. The van der Waals surface area contributed by atoms with Crippen LogP contribution in [0.25, 0.3) is 33.4 Å². The zero-order valence-corrected chi connectivity index (χ0v) is 18.1. The number of hydrogen-bond acceptors (Lipinski definition) is 5. The largest absolute Gasteiger partial charge is 0.495 e. The van der Waals surface area contributed by atoms with Crippen LogP contribution in [0.4, 0.5) is 0 Å². The smallest absolute Gasteiger partial charge is 0.275 e. The summed E-state index contributed by atoms with van der Waals surface area (Å²) < 4.78 is 13.4. The highest BCUT2D eigenvalue weighted by molar-refractivity contribution is 7.15. The van der Waals surface area contributed by atoms with Crippen LogP contribution in [0.1, 0.15) is 16.9 Å². The molecular formula is C23H17ClN2O3S. The van der Waals surface area contributed by atoms with Gasteiger partial charge >= 0.3 is 0 Å². The fourth-order valence-electron chi connectivity index (χ4n) is 3.45. The first-order valence-corrected chi connectivity index (χ1v) is 10.5. The average molecular weight is 437 g/mol. The number of ether oxygens (including phenoxy) is 1. The maximum atomic E-state index is 13.0. The van der Waals surface area contributed by atoms with Crippen molar-refractivity contribution < 1.29 is 9.15 Å². The summed E-state index contributed by atoms with van der Waals surface area (Å²) in [7, 11) is 1.57. The topological polar surface area (TPSA) is 56.7 Å². The van der Waals surface area contributed by atoms with Crippen molar-refractivity contribution >= 4 is 45.0 Å². The van der Waals surface area contributed by atoms with Gasteiger partial charge in [-0.1, -0.05) is 22.9 Å². The summed E-state index contributed by atoms with van der Waals surface area (Å²) in [6.45, 7) is 4.08. The van der Waals surface area contributed by atoms with Crippen molar-refractivity contribution in [2.45, 2.75) is 13.8 Å². The lowest BCUT2D eigenvalue weighted by Gasteiger charge is -2.03. The van der Waals surface area contributed by atoms with Crippen LogP contribution in [-0.2, 0) is 0 Å². The molecule has 0 radical (unpaired) electrons. The predicted molar refractivity (Wildman–Crippen MR) is 121 cm³/mol. The lowest BCUT2D eigenvalue weighted by Crippen LogP contribution is -2.22. The molecule has 3 aromatic heterocycles. The summed E-state index contributed by atoms with van der Waals surface area (Å²) in [6.07, 6.45) is 1.75. The zero-order chi connectivity index (χ0) is 21.0. The summed E-state index contributed by atoms with van der Waals surface area (Å²) in [4.78, 5) is 18.3. The van der Waals surface area contributed by atoms with Gasteiger partial charge in [-0.05, 0) is 67.4 Å². The number of nitrogens with zero attached hydrogens (tertiary/aromatic N) is 2. The third-order valence-electron chi connectivity index (χ3n) is 5.19. The van der Waals surface area contributed by atoms with Gasteiger partial charge in [-0.3, -0.25) is 4.79 Å². The van der Waals surface area contributed by atoms with E-state index in [1.165, 1.54) is 11.3 Å². The van der Waals surface area contributed by atoms with Crippen molar-refractivity contribution in [2.75, 3.05) is 7.11 Å². The Balaban J connectivity index is 1.59. The minimum absolute atomic E-state index is 0.0915. The Hall–Kier alpha value is -3.09. The van der Waals surface area contributed by atoms with Gasteiger partial charge in [0.1, 0.15) is 21.8 Å². The van der Waals surface area contributed by atoms with E-state index < -0.39 is 0 Å². The molecule has 2 aromatic carbocycles. The van der Waals surface area contributed by atoms with Crippen LogP contribution in [0.15, 0.2) is 51.7 Å². The Labute approximate surface area is 180 Å². The molecule has 5 nitrogen and oxygen atoms in total. The number of imidazole rings is 1. The maximum Gasteiger partial charge on any atom is 0.275 e. The van der Waals surface area contributed by atoms with Gasteiger partial charge in [-0.2, -0.15) is 0 Å². The molecule has 0 fully saturated rings. The Morgan fingerprint density at radius 3 is 2.70 bits per heavy atom. The minimum Gasteiger partial charge on any atom is -0.495 e. The van der Waals surface area contributed by atoms with E-state index in [-0.39, 0.29) is 5.56 Å². The average Bonchev–Trinajstić information content (AvgIpc) is 3.39. The van der Waals surface area contributed by atoms with E-state index in [0.717, 1.165) is 27.7 Å². The second-order valence-electron chi connectivity index (χ2n) is 7.12. The molecule has 5 aromatic rings. The molecule has 150 valence electrons. The number of fused-ring (bicyclic) bond motifs is 3. The minimum atomic E-state index is -0.0915. The molecule has 0 aliphatic carbocycles. The summed E-state index contributed by atoms with van der Waals surface area (Å²) in [5, 5.41) is 0.510.